The van der Waals surface area contributed by atoms with Crippen LogP contribution in [0.1, 0.15) is 83.3 Å². The summed E-state index contributed by atoms with van der Waals surface area (Å²) in [5, 5.41) is 107. The van der Waals surface area contributed by atoms with E-state index in [0.29, 0.717) is 25.7 Å². The lowest BCUT2D eigenvalue weighted by Gasteiger charge is -2.51. The minimum Gasteiger partial charge on any atom is -0.445 e. The molecule has 7 aliphatic heterocycles. The van der Waals surface area contributed by atoms with Crippen molar-refractivity contribution < 1.29 is 127 Å². The monoisotopic (exact) mass is 1470 g/mol. The smallest absolute Gasteiger partial charge is 0.410 e. The number of rotatable bonds is 20. The molecular weight excluding hydrogens is 1370 g/mol. The Bertz CT molecular complexity index is 3150. The number of hydrogen-bond donors (Lipinski definition) is 17. The number of aliphatic hydroxyl groups is 9. The van der Waals surface area contributed by atoms with E-state index in [2.05, 4.69) is 39.0 Å². The van der Waals surface area contributed by atoms with Gasteiger partial charge in [0.25, 0.3) is 0 Å². The van der Waals surface area contributed by atoms with Crippen LogP contribution >= 0.6 is 0 Å². The number of hydrogen-bond acceptors (Lipinski definition) is 31. The van der Waals surface area contributed by atoms with Crippen LogP contribution in [0.25, 0.3) is 0 Å². The van der Waals surface area contributed by atoms with Crippen molar-refractivity contribution in [1.29, 1.82) is 0 Å². The largest absolute Gasteiger partial charge is 0.445 e. The van der Waals surface area contributed by atoms with Gasteiger partial charge in [0.05, 0.1) is 67.8 Å². The van der Waals surface area contributed by atoms with Gasteiger partial charge in [0.2, 0.25) is 5.91 Å². The molecule has 35 heteroatoms. The van der Waals surface area contributed by atoms with Gasteiger partial charge < -0.3 is 152 Å². The van der Waals surface area contributed by atoms with Gasteiger partial charge in [-0.25, -0.2) is 14.4 Å². The van der Waals surface area contributed by atoms with Gasteiger partial charge in [0, 0.05) is 37.5 Å². The zero-order valence-corrected chi connectivity index (χ0v) is 58.5. The molecule has 2 saturated carbocycles. The molecule has 35 nitrogen and oxygen atoms in total. The number of fused-ring (bicyclic) bond motifs is 4. The second kappa shape index (κ2) is 38.1. The number of carbonyl (C=O) groups is 4. The van der Waals surface area contributed by atoms with Crippen molar-refractivity contribution in [2.75, 3.05) is 27.3 Å². The summed E-state index contributed by atoms with van der Waals surface area (Å²) in [5.74, 6) is 6.34. The molecule has 4 amide bonds. The number of terminal acetylenes is 1. The van der Waals surface area contributed by atoms with Crippen LogP contribution in [0.2, 0.25) is 0 Å². The summed E-state index contributed by atoms with van der Waals surface area (Å²) in [6.07, 6.45) is -19.9. The summed E-state index contributed by atoms with van der Waals surface area (Å²) in [4.78, 5) is 52.3. The lowest BCUT2D eigenvalue weighted by atomic mass is 9.85. The van der Waals surface area contributed by atoms with E-state index in [4.69, 9.17) is 90.9 Å². The minimum absolute atomic E-state index is 0.00476. The molecule has 0 bridgehead atoms. The molecule has 580 valence electrons. The predicted molar refractivity (Wildman–Crippen MR) is 360 cm³/mol. The number of benzene rings is 2. The molecular formula is C69H103N9O26. The number of ether oxygens (including phenoxy) is 13. The van der Waals surface area contributed by atoms with Gasteiger partial charge in [-0.2, -0.15) is 0 Å². The highest BCUT2D eigenvalue weighted by Gasteiger charge is 2.61. The third kappa shape index (κ3) is 20.2. The standard InChI is InChI=1S/C39H52N4O15.C25H47N5O11.C5H4/c1-19-13-25-32(33-28(43(2)39(50)57-33)35(53-25)58-36-30(47)29(46)27(40)26(16-44)54-36)56-34(19)55-31-23(42-38(49)52-18-21-11-7-4-8-12-21)14-22(15-24(31)45)41-37(48)51-17-20-9-5-3-6-10-20;1-3-4-15(33)30-16-14(8-31)38-25(20(36)18(16)34)41-24-17(29-2)19(35)22-13(37-24)7-11(28)23(40-22)39-21-10(27)5-9(26)6-12(21)32;1-3-5-4-2/h3-12,19,22-36,44-47H,13-18,40H2,1-2H3,(H,41,48)(H,42,49);9-14,16-25,29,31-32,34-36H,3-8,26-28H2,1-2H3,(H,30,33);1H,2H3/t19-,22+,23?,24+,25-,26?,27+,28?,29-,30?,31+,32?,33?,34-,35?,36+;9-,10?,11+,12-,13+,14?,16-,17?,18+,19?,20?,21-,22?,23+,24?,25-;/m01./s1. The van der Waals surface area contributed by atoms with E-state index >= 15 is 0 Å². The van der Waals surface area contributed by atoms with Crippen molar-refractivity contribution in [3.8, 4) is 24.2 Å². The van der Waals surface area contributed by atoms with E-state index in [1.54, 1.807) is 14.0 Å². The van der Waals surface area contributed by atoms with Gasteiger partial charge >= 0.3 is 18.3 Å². The van der Waals surface area contributed by atoms with Gasteiger partial charge in [-0.15, -0.1) is 6.42 Å². The molecule has 9 aliphatic rings. The quantitative estimate of drug-likeness (QED) is 0.0442. The maximum Gasteiger partial charge on any atom is 0.410 e. The molecule has 32 atom stereocenters. The average molecular weight is 1470 g/mol. The van der Waals surface area contributed by atoms with Crippen LogP contribution in [0.15, 0.2) is 60.7 Å². The van der Waals surface area contributed by atoms with Gasteiger partial charge in [-0.1, -0.05) is 80.4 Å². The summed E-state index contributed by atoms with van der Waals surface area (Å²) >= 11 is 0. The Balaban J connectivity index is 0.000000239. The molecule has 7 saturated heterocycles. The maximum absolute atomic E-state index is 13.2. The fourth-order valence-corrected chi connectivity index (χ4v) is 14.4. The van der Waals surface area contributed by atoms with Gasteiger partial charge in [-0.3, -0.25) is 9.69 Å². The van der Waals surface area contributed by atoms with E-state index in [0.717, 1.165) is 11.1 Å². The second-order valence-electron chi connectivity index (χ2n) is 27.4. The van der Waals surface area contributed by atoms with Gasteiger partial charge in [-0.05, 0) is 81.9 Å². The maximum atomic E-state index is 13.2. The van der Waals surface area contributed by atoms with Crippen molar-refractivity contribution in [1.82, 2.24) is 26.2 Å². The second-order valence-corrected chi connectivity index (χ2v) is 27.4. The first-order valence-corrected chi connectivity index (χ1v) is 35.1. The summed E-state index contributed by atoms with van der Waals surface area (Å²) in [6.45, 7) is 4.30. The van der Waals surface area contributed by atoms with Gasteiger partial charge in [0.1, 0.15) is 86.4 Å². The lowest BCUT2D eigenvalue weighted by Crippen LogP contribution is -2.70. The number of nitrogens with zero attached hydrogens (tertiary/aromatic N) is 1. The van der Waals surface area contributed by atoms with Crippen molar-refractivity contribution in [3.05, 3.63) is 71.8 Å². The Morgan fingerprint density at radius 1 is 0.606 bits per heavy atom. The molecule has 0 radical (unpaired) electrons. The highest BCUT2D eigenvalue weighted by molar-refractivity contribution is 5.76. The Labute approximate surface area is 602 Å². The van der Waals surface area contributed by atoms with Crippen molar-refractivity contribution in [3.63, 3.8) is 0 Å². The molecule has 11 rings (SSSR count). The van der Waals surface area contributed by atoms with Crippen molar-refractivity contribution in [2.24, 2.45) is 28.9 Å². The van der Waals surface area contributed by atoms with E-state index < -0.39 is 215 Å². The van der Waals surface area contributed by atoms with Crippen LogP contribution in [0.3, 0.4) is 0 Å². The van der Waals surface area contributed by atoms with Crippen LogP contribution < -0.4 is 44.2 Å². The number of nitrogens with one attached hydrogen (secondary N) is 4. The topological polar surface area (TPSA) is 526 Å². The third-order valence-corrected chi connectivity index (χ3v) is 19.9. The number of nitrogens with two attached hydrogens (primary N) is 4. The lowest BCUT2D eigenvalue weighted by molar-refractivity contribution is -0.374. The first kappa shape index (κ1) is 81.9. The van der Waals surface area contributed by atoms with Crippen LogP contribution in [0, 0.1) is 30.1 Å². The Hall–Kier alpha value is -6.12. The SMILES string of the molecule is C#CC#CC.CCCC(=O)N[C@@H]1C(CO)O[C@H](OC2O[C@H]3C[C@H](N)[C@@H](O[C@@H]4C(N)C[C@@H](N)C[C@H]4O)OC3C(O)C2NC)C(O)[C@H]1O.C[C@H]1C[C@@H]2OC(O[C@H]3OC(CO)[C@@H](N)[C@H](O)C3O)C3C(OC(=O)N3C)C2O[C@@H]1O[C@@H]1C(NC(=O)OCc2ccccc2)C[C@@H](NC(=O)OCc2ccccc2)C[C@H]1O. The van der Waals surface area contributed by atoms with E-state index in [1.807, 2.05) is 74.5 Å². The van der Waals surface area contributed by atoms with E-state index in [1.165, 1.54) is 11.9 Å². The fourth-order valence-electron chi connectivity index (χ4n) is 14.4. The number of alkyl carbamates (subject to hydrolysis) is 2. The molecule has 2 aromatic rings. The molecule has 9 fully saturated rings. The number of aliphatic hydroxyl groups excluding tert-OH is 9. The first-order chi connectivity index (χ1) is 49.8. The van der Waals surface area contributed by atoms with Crippen LogP contribution in [-0.4, -0.2) is 292 Å². The van der Waals surface area contributed by atoms with E-state index in [-0.39, 0.29) is 56.8 Å². The number of carbonyl (C=O) groups excluding carboxylic acids is 4. The molecule has 2 aliphatic carbocycles. The molecule has 2 aromatic carbocycles. The van der Waals surface area contributed by atoms with Gasteiger partial charge in [0.15, 0.2) is 43.8 Å². The van der Waals surface area contributed by atoms with E-state index in [9.17, 15) is 65.1 Å². The summed E-state index contributed by atoms with van der Waals surface area (Å²) in [5.41, 5.74) is 25.9. The predicted octanol–water partition coefficient (Wildman–Crippen LogP) is -4.13. The Morgan fingerprint density at radius 3 is 1.78 bits per heavy atom. The van der Waals surface area contributed by atoms with Crippen LogP contribution in [-0.2, 0) is 79.6 Å². The molecule has 104 heavy (non-hydrogen) atoms. The Kier molecular flexibility index (Phi) is 30.0. The average Bonchev–Trinajstić information content (AvgIpc) is 1.51. The summed E-state index contributed by atoms with van der Waals surface area (Å²) < 4.78 is 77.5. The molecule has 7 heterocycles. The molecule has 0 spiro atoms. The summed E-state index contributed by atoms with van der Waals surface area (Å²) in [6, 6.07) is 11.4. The Morgan fingerprint density at radius 2 is 1.18 bits per heavy atom. The molecule has 21 N–H and O–H groups in total. The fraction of sp³-hybridized carbons (Fsp3) is 0.710. The zero-order valence-electron chi connectivity index (χ0n) is 58.5. The minimum atomic E-state index is -1.61. The normalized spacial score (nSPS) is 40.9. The first-order valence-electron chi connectivity index (χ1n) is 35.1. The molecule has 14 unspecified atom stereocenters. The number of amides is 4. The summed E-state index contributed by atoms with van der Waals surface area (Å²) in [7, 11) is 3.05. The highest BCUT2D eigenvalue weighted by atomic mass is 16.8. The third-order valence-electron chi connectivity index (χ3n) is 19.9. The van der Waals surface area contributed by atoms with Crippen LogP contribution in [0.4, 0.5) is 14.4 Å². The zero-order chi connectivity index (χ0) is 75.2. The van der Waals surface area contributed by atoms with Crippen LogP contribution in [0.5, 0.6) is 0 Å². The van der Waals surface area contributed by atoms with Crippen molar-refractivity contribution >= 4 is 24.2 Å². The highest BCUT2D eigenvalue weighted by Crippen LogP contribution is 2.43. The van der Waals surface area contributed by atoms with Crippen molar-refractivity contribution in [2.45, 2.75) is 275 Å². The number of likely N-dealkylation sites (N-methyl/N-ethyl adjacent to an activating group) is 2. The molecule has 0 aromatic heterocycles.